The Balaban J connectivity index is 1.92. The van der Waals surface area contributed by atoms with Crippen molar-refractivity contribution in [2.24, 2.45) is 13.0 Å². The molecule has 136 valence electrons. The maximum absolute atomic E-state index is 13.3. The van der Waals surface area contributed by atoms with Crippen molar-refractivity contribution >= 4 is 6.03 Å². The van der Waals surface area contributed by atoms with Crippen LogP contribution >= 0.6 is 0 Å². The van der Waals surface area contributed by atoms with Crippen molar-refractivity contribution in [1.82, 2.24) is 20.2 Å². The Morgan fingerprint density at radius 1 is 1.50 bits per heavy atom. The zero-order valence-corrected chi connectivity index (χ0v) is 13.7. The molecule has 0 radical (unpaired) electrons. The first-order valence-electron chi connectivity index (χ1n) is 7.96. The molecule has 0 saturated heterocycles. The Kier molecular flexibility index (Phi) is 5.42. The minimum absolute atomic E-state index is 0.0187. The quantitative estimate of drug-likeness (QED) is 0.736. The molecule has 0 bridgehead atoms. The molecule has 1 saturated carbocycles. The Morgan fingerprint density at radius 2 is 2.17 bits per heavy atom. The van der Waals surface area contributed by atoms with Crippen LogP contribution in [0.25, 0.3) is 0 Å². The highest BCUT2D eigenvalue weighted by Gasteiger charge is 2.57. The second-order valence-electron chi connectivity index (χ2n) is 6.35. The van der Waals surface area contributed by atoms with Crippen LogP contribution in [-0.2, 0) is 12.6 Å². The molecule has 6 nitrogen and oxygen atoms in total. The normalized spacial score (nSPS) is 19.2. The lowest BCUT2D eigenvalue weighted by Gasteiger charge is -2.32. The van der Waals surface area contributed by atoms with Gasteiger partial charge in [-0.15, -0.1) is 0 Å². The van der Waals surface area contributed by atoms with Crippen LogP contribution in [0.4, 0.5) is 18.0 Å². The molecule has 2 atom stereocenters. The Labute approximate surface area is 138 Å². The van der Waals surface area contributed by atoms with E-state index in [1.54, 1.807) is 0 Å². The predicted molar refractivity (Wildman–Crippen MR) is 81.1 cm³/mol. The zero-order valence-electron chi connectivity index (χ0n) is 13.7. The number of aromatic nitrogens is 2. The third kappa shape index (κ3) is 3.82. The smallest absolute Gasteiger partial charge is 0.374 e. The summed E-state index contributed by atoms with van der Waals surface area (Å²) in [6.45, 7) is 1.55. The van der Waals surface area contributed by atoms with E-state index in [4.69, 9.17) is 0 Å². The van der Waals surface area contributed by atoms with Crippen LogP contribution in [0.15, 0.2) is 12.4 Å². The number of imidazole rings is 1. The highest BCUT2D eigenvalue weighted by molar-refractivity contribution is 5.74. The number of nitrogens with one attached hydrogen (secondary N) is 2. The van der Waals surface area contributed by atoms with Crippen molar-refractivity contribution in [1.29, 1.82) is 0 Å². The SMILES string of the molecule is CC(NC(=O)NCCC(O)(c1nccn1C)C(F)(F)F)C1CCC1. The number of halogens is 3. The molecule has 1 aliphatic carbocycles. The second kappa shape index (κ2) is 7.00. The third-order valence-electron chi connectivity index (χ3n) is 4.65. The first-order chi connectivity index (χ1) is 11.1. The summed E-state index contributed by atoms with van der Waals surface area (Å²) in [7, 11) is 1.37. The number of carbonyl (C=O) groups excluding carboxylic acids is 1. The summed E-state index contributed by atoms with van der Waals surface area (Å²) in [5.74, 6) is -0.0736. The molecule has 2 unspecified atom stereocenters. The van der Waals surface area contributed by atoms with Crippen molar-refractivity contribution in [3.63, 3.8) is 0 Å². The van der Waals surface area contributed by atoms with Crippen molar-refractivity contribution in [2.75, 3.05) is 6.54 Å². The molecule has 0 aromatic carbocycles. The number of carbonyl (C=O) groups is 1. The number of aliphatic hydroxyl groups is 1. The van der Waals surface area contributed by atoms with Gasteiger partial charge in [-0.2, -0.15) is 13.2 Å². The second-order valence-corrected chi connectivity index (χ2v) is 6.35. The summed E-state index contributed by atoms with van der Waals surface area (Å²) >= 11 is 0. The van der Waals surface area contributed by atoms with E-state index in [0.717, 1.165) is 23.8 Å². The topological polar surface area (TPSA) is 79.2 Å². The van der Waals surface area contributed by atoms with Gasteiger partial charge in [0, 0.05) is 38.4 Å². The highest BCUT2D eigenvalue weighted by Crippen LogP contribution is 2.40. The zero-order chi connectivity index (χ0) is 18.0. The lowest BCUT2D eigenvalue weighted by atomic mass is 9.80. The van der Waals surface area contributed by atoms with E-state index < -0.39 is 30.1 Å². The summed E-state index contributed by atoms with van der Waals surface area (Å²) in [6, 6.07) is -0.548. The van der Waals surface area contributed by atoms with Gasteiger partial charge in [-0.3, -0.25) is 0 Å². The Morgan fingerprint density at radius 3 is 2.62 bits per heavy atom. The van der Waals surface area contributed by atoms with E-state index in [1.165, 1.54) is 19.4 Å². The molecule has 1 aromatic rings. The van der Waals surface area contributed by atoms with Gasteiger partial charge in [0.05, 0.1) is 0 Å². The van der Waals surface area contributed by atoms with Gasteiger partial charge in [0.25, 0.3) is 0 Å². The van der Waals surface area contributed by atoms with Crippen LogP contribution in [0.1, 0.15) is 38.4 Å². The third-order valence-corrected chi connectivity index (χ3v) is 4.65. The van der Waals surface area contributed by atoms with E-state index in [0.29, 0.717) is 5.92 Å². The van der Waals surface area contributed by atoms with Crippen LogP contribution < -0.4 is 10.6 Å². The fourth-order valence-electron chi connectivity index (χ4n) is 2.82. The van der Waals surface area contributed by atoms with Crippen LogP contribution in [0, 0.1) is 5.92 Å². The van der Waals surface area contributed by atoms with Gasteiger partial charge in [-0.25, -0.2) is 9.78 Å². The first kappa shape index (κ1) is 18.6. The molecule has 0 aliphatic heterocycles. The number of urea groups is 1. The Bertz CT molecular complexity index is 571. The van der Waals surface area contributed by atoms with Crippen molar-refractivity contribution in [3.05, 3.63) is 18.2 Å². The minimum atomic E-state index is -4.90. The van der Waals surface area contributed by atoms with Crippen LogP contribution in [0.3, 0.4) is 0 Å². The number of amides is 2. The summed E-state index contributed by atoms with van der Waals surface area (Å²) in [5, 5.41) is 15.2. The van der Waals surface area contributed by atoms with E-state index in [1.807, 2.05) is 6.92 Å². The fourth-order valence-corrected chi connectivity index (χ4v) is 2.82. The molecule has 1 heterocycles. The molecule has 1 aromatic heterocycles. The monoisotopic (exact) mass is 348 g/mol. The summed E-state index contributed by atoms with van der Waals surface area (Å²) in [4.78, 5) is 15.4. The number of nitrogens with zero attached hydrogens (tertiary/aromatic N) is 2. The van der Waals surface area contributed by atoms with Gasteiger partial charge in [-0.05, 0) is 25.7 Å². The van der Waals surface area contributed by atoms with E-state index in [9.17, 15) is 23.1 Å². The summed E-state index contributed by atoms with van der Waals surface area (Å²) in [6.07, 6.45) is 0.137. The van der Waals surface area contributed by atoms with Crippen LogP contribution in [0.2, 0.25) is 0 Å². The Hall–Kier alpha value is -1.77. The average Bonchev–Trinajstić information content (AvgIpc) is 2.81. The van der Waals surface area contributed by atoms with Gasteiger partial charge < -0.3 is 20.3 Å². The lowest BCUT2D eigenvalue weighted by Crippen LogP contribution is -2.49. The number of hydrogen-bond donors (Lipinski definition) is 3. The van der Waals surface area contributed by atoms with E-state index in [2.05, 4.69) is 15.6 Å². The molecule has 3 N–H and O–H groups in total. The van der Waals surface area contributed by atoms with Crippen LogP contribution in [-0.4, -0.2) is 39.5 Å². The van der Waals surface area contributed by atoms with Crippen LogP contribution in [0.5, 0.6) is 0 Å². The van der Waals surface area contributed by atoms with Gasteiger partial charge in [-0.1, -0.05) is 6.42 Å². The molecule has 2 rings (SSSR count). The standard InChI is InChI=1S/C15H23F3N4O2/c1-10(11-4-3-5-11)21-13(23)20-7-6-14(24,15(16,17)18)12-19-8-9-22(12)2/h8-11,24H,3-7H2,1-2H3,(H2,20,21,23). The molecule has 9 heteroatoms. The maximum Gasteiger partial charge on any atom is 0.424 e. The number of hydrogen-bond acceptors (Lipinski definition) is 3. The largest absolute Gasteiger partial charge is 0.424 e. The molecule has 0 spiro atoms. The van der Waals surface area contributed by atoms with Gasteiger partial charge in [0.2, 0.25) is 5.60 Å². The average molecular weight is 348 g/mol. The van der Waals surface area contributed by atoms with Gasteiger partial charge >= 0.3 is 12.2 Å². The van der Waals surface area contributed by atoms with Crippen molar-refractivity contribution in [2.45, 2.75) is 50.4 Å². The minimum Gasteiger partial charge on any atom is -0.374 e. The number of aryl methyl sites for hydroxylation is 1. The van der Waals surface area contributed by atoms with E-state index in [-0.39, 0.29) is 12.6 Å². The lowest BCUT2D eigenvalue weighted by molar-refractivity contribution is -0.272. The van der Waals surface area contributed by atoms with Gasteiger partial charge in [0.1, 0.15) is 5.82 Å². The van der Waals surface area contributed by atoms with Gasteiger partial charge in [0.15, 0.2) is 0 Å². The van der Waals surface area contributed by atoms with Crippen molar-refractivity contribution in [3.8, 4) is 0 Å². The molecular formula is C15H23F3N4O2. The summed E-state index contributed by atoms with van der Waals surface area (Å²) in [5.41, 5.74) is -3.11. The molecule has 2 amide bonds. The number of rotatable bonds is 6. The molecule has 1 fully saturated rings. The summed E-state index contributed by atoms with van der Waals surface area (Å²) < 4.78 is 41.0. The van der Waals surface area contributed by atoms with Crippen molar-refractivity contribution < 1.29 is 23.1 Å². The fraction of sp³-hybridized carbons (Fsp3) is 0.733. The predicted octanol–water partition coefficient (Wildman–Crippen LogP) is 2.05. The highest BCUT2D eigenvalue weighted by atomic mass is 19.4. The molecular weight excluding hydrogens is 325 g/mol. The molecule has 1 aliphatic rings. The maximum atomic E-state index is 13.3. The van der Waals surface area contributed by atoms with E-state index >= 15 is 0 Å². The number of alkyl halides is 3. The first-order valence-corrected chi connectivity index (χ1v) is 7.96. The molecule has 24 heavy (non-hydrogen) atoms.